The van der Waals surface area contributed by atoms with Gasteiger partial charge in [-0.25, -0.2) is 0 Å². The molecule has 0 fully saturated rings. The molecule has 1 unspecified atom stereocenters. The molecule has 100 valence electrons. The average molecular weight is 249 g/mol. The van der Waals surface area contributed by atoms with Crippen molar-refractivity contribution in [3.8, 4) is 6.07 Å². The summed E-state index contributed by atoms with van der Waals surface area (Å²) in [6, 6.07) is 4.44. The molecule has 1 aromatic heterocycles. The second-order valence-electron chi connectivity index (χ2n) is 4.85. The van der Waals surface area contributed by atoms with Crippen LogP contribution in [0.5, 0.6) is 0 Å². The Morgan fingerprint density at radius 3 is 2.72 bits per heavy atom. The van der Waals surface area contributed by atoms with Crippen LogP contribution < -0.4 is 5.32 Å². The number of ether oxygens (including phenoxy) is 1. The summed E-state index contributed by atoms with van der Waals surface area (Å²) in [5.74, 6) is 0.524. The predicted molar refractivity (Wildman–Crippen MR) is 72.1 cm³/mol. The van der Waals surface area contributed by atoms with E-state index in [2.05, 4.69) is 25.2 Å². The average Bonchev–Trinajstić information content (AvgIpc) is 2.69. The fraction of sp³-hybridized carbons (Fsp3) is 0.643. The lowest BCUT2D eigenvalue weighted by Gasteiger charge is -2.21. The third-order valence-electron chi connectivity index (χ3n) is 3.05. The lowest BCUT2D eigenvalue weighted by atomic mass is 10.1. The molecule has 0 amide bonds. The Morgan fingerprint density at radius 1 is 1.50 bits per heavy atom. The zero-order valence-electron chi connectivity index (χ0n) is 11.7. The Morgan fingerprint density at radius 2 is 2.22 bits per heavy atom. The zero-order valence-corrected chi connectivity index (χ0v) is 11.7. The molecule has 1 atom stereocenters. The molecule has 0 aliphatic rings. The van der Waals surface area contributed by atoms with E-state index in [-0.39, 0.29) is 0 Å². The highest BCUT2D eigenvalue weighted by molar-refractivity contribution is 5.28. The first-order valence-electron chi connectivity index (χ1n) is 6.45. The van der Waals surface area contributed by atoms with Gasteiger partial charge in [0.2, 0.25) is 0 Å². The van der Waals surface area contributed by atoms with Crippen molar-refractivity contribution in [2.75, 3.05) is 13.2 Å². The zero-order chi connectivity index (χ0) is 13.5. The van der Waals surface area contributed by atoms with Crippen LogP contribution in [0.1, 0.15) is 32.0 Å². The summed E-state index contributed by atoms with van der Waals surface area (Å²) in [5.41, 5.74) is 1.83. The Balaban J connectivity index is 2.53. The number of hydrogen-bond donors (Lipinski definition) is 1. The highest BCUT2D eigenvalue weighted by atomic mass is 16.5. The van der Waals surface area contributed by atoms with Crippen LogP contribution in [0.2, 0.25) is 0 Å². The van der Waals surface area contributed by atoms with Crippen LogP contribution in [0.3, 0.4) is 0 Å². The highest BCUT2D eigenvalue weighted by Crippen LogP contribution is 2.08. The fourth-order valence-corrected chi connectivity index (χ4v) is 1.82. The Labute approximate surface area is 110 Å². The molecule has 1 aromatic rings. The number of hydrogen-bond acceptors (Lipinski definition) is 3. The van der Waals surface area contributed by atoms with Crippen molar-refractivity contribution in [1.82, 2.24) is 9.88 Å². The lowest BCUT2D eigenvalue weighted by molar-refractivity contribution is 0.108. The highest BCUT2D eigenvalue weighted by Gasteiger charge is 2.13. The molecule has 0 saturated carbocycles. The van der Waals surface area contributed by atoms with E-state index in [0.717, 1.165) is 25.3 Å². The maximum absolute atomic E-state index is 8.90. The standard InChI is InChI=1S/C14H23N3O/c1-5-18-10-14(11(2)3)16-8-12-6-13(7-15)17(4)9-12/h6,9,11,14,16H,5,8,10H2,1-4H3. The van der Waals surface area contributed by atoms with Gasteiger partial charge in [-0.1, -0.05) is 13.8 Å². The van der Waals surface area contributed by atoms with Crippen molar-refractivity contribution >= 4 is 0 Å². The summed E-state index contributed by atoms with van der Waals surface area (Å²) < 4.78 is 7.33. The van der Waals surface area contributed by atoms with E-state index < -0.39 is 0 Å². The molecule has 18 heavy (non-hydrogen) atoms. The lowest BCUT2D eigenvalue weighted by Crippen LogP contribution is -2.37. The van der Waals surface area contributed by atoms with Gasteiger partial charge >= 0.3 is 0 Å². The van der Waals surface area contributed by atoms with Gasteiger partial charge in [0, 0.05) is 32.4 Å². The number of aryl methyl sites for hydroxylation is 1. The van der Waals surface area contributed by atoms with E-state index in [1.807, 2.05) is 30.8 Å². The summed E-state index contributed by atoms with van der Waals surface area (Å²) in [4.78, 5) is 0. The summed E-state index contributed by atoms with van der Waals surface area (Å²) in [5, 5.41) is 12.4. The van der Waals surface area contributed by atoms with E-state index in [9.17, 15) is 0 Å². The Hall–Kier alpha value is -1.31. The molecule has 4 nitrogen and oxygen atoms in total. The molecule has 1 rings (SSSR count). The topological polar surface area (TPSA) is 50.0 Å². The molecule has 4 heteroatoms. The molecule has 0 radical (unpaired) electrons. The van der Waals surface area contributed by atoms with Gasteiger partial charge in [0.25, 0.3) is 0 Å². The second kappa shape index (κ2) is 7.20. The maximum Gasteiger partial charge on any atom is 0.120 e. The number of nitrogens with one attached hydrogen (secondary N) is 1. The molecule has 0 saturated heterocycles. The fourth-order valence-electron chi connectivity index (χ4n) is 1.82. The van der Waals surface area contributed by atoms with Crippen LogP contribution in [0.15, 0.2) is 12.3 Å². The minimum absolute atomic E-state index is 0.343. The quantitative estimate of drug-likeness (QED) is 0.804. The third kappa shape index (κ3) is 4.17. The summed E-state index contributed by atoms with van der Waals surface area (Å²) in [7, 11) is 1.89. The molecule has 0 aliphatic heterocycles. The maximum atomic E-state index is 8.90. The SMILES string of the molecule is CCOCC(NCc1cc(C#N)n(C)c1)C(C)C. The molecule has 1 N–H and O–H groups in total. The number of nitriles is 1. The van der Waals surface area contributed by atoms with Gasteiger partial charge in [-0.2, -0.15) is 5.26 Å². The minimum Gasteiger partial charge on any atom is -0.380 e. The third-order valence-corrected chi connectivity index (χ3v) is 3.05. The van der Waals surface area contributed by atoms with Gasteiger partial charge in [0.05, 0.1) is 6.61 Å². The smallest absolute Gasteiger partial charge is 0.120 e. The first-order chi connectivity index (χ1) is 8.58. The molecule has 0 aliphatic carbocycles. The van der Waals surface area contributed by atoms with E-state index in [1.165, 1.54) is 0 Å². The van der Waals surface area contributed by atoms with Gasteiger partial charge in [0.1, 0.15) is 11.8 Å². The van der Waals surface area contributed by atoms with E-state index in [0.29, 0.717) is 17.7 Å². The van der Waals surface area contributed by atoms with E-state index >= 15 is 0 Å². The first kappa shape index (κ1) is 14.7. The minimum atomic E-state index is 0.343. The van der Waals surface area contributed by atoms with Crippen LogP contribution in [0, 0.1) is 17.2 Å². The van der Waals surface area contributed by atoms with Crippen LogP contribution in [0.25, 0.3) is 0 Å². The molecule has 0 bridgehead atoms. The van der Waals surface area contributed by atoms with Crippen molar-refractivity contribution in [2.45, 2.75) is 33.4 Å². The Kier molecular flexibility index (Phi) is 5.90. The van der Waals surface area contributed by atoms with E-state index in [1.54, 1.807) is 0 Å². The van der Waals surface area contributed by atoms with Gasteiger partial charge in [-0.05, 0) is 24.5 Å². The van der Waals surface area contributed by atoms with Crippen LogP contribution in [-0.2, 0) is 18.3 Å². The molecule has 0 spiro atoms. The van der Waals surface area contributed by atoms with Crippen LogP contribution >= 0.6 is 0 Å². The van der Waals surface area contributed by atoms with Crippen LogP contribution in [-0.4, -0.2) is 23.8 Å². The number of rotatable bonds is 7. The van der Waals surface area contributed by atoms with Gasteiger partial charge in [-0.3, -0.25) is 0 Å². The normalized spacial score (nSPS) is 12.7. The van der Waals surface area contributed by atoms with E-state index in [4.69, 9.17) is 10.00 Å². The van der Waals surface area contributed by atoms with Gasteiger partial charge in [0.15, 0.2) is 0 Å². The molecule has 1 heterocycles. The number of aromatic nitrogens is 1. The first-order valence-corrected chi connectivity index (χ1v) is 6.45. The van der Waals surface area contributed by atoms with Crippen LogP contribution in [0.4, 0.5) is 0 Å². The molecular formula is C14H23N3O. The largest absolute Gasteiger partial charge is 0.380 e. The number of nitrogens with zero attached hydrogens (tertiary/aromatic N) is 2. The summed E-state index contributed by atoms with van der Waals surface area (Å²) >= 11 is 0. The second-order valence-corrected chi connectivity index (χ2v) is 4.85. The van der Waals surface area contributed by atoms with Crippen molar-refractivity contribution in [2.24, 2.45) is 13.0 Å². The molecular weight excluding hydrogens is 226 g/mol. The molecule has 0 aromatic carbocycles. The van der Waals surface area contributed by atoms with Gasteiger partial charge in [-0.15, -0.1) is 0 Å². The van der Waals surface area contributed by atoms with Crippen molar-refractivity contribution in [3.05, 3.63) is 23.5 Å². The monoisotopic (exact) mass is 249 g/mol. The summed E-state index contributed by atoms with van der Waals surface area (Å²) in [6.45, 7) is 8.62. The predicted octanol–water partition coefficient (Wildman–Crippen LogP) is 2.05. The van der Waals surface area contributed by atoms with Gasteiger partial charge < -0.3 is 14.6 Å². The summed E-state index contributed by atoms with van der Waals surface area (Å²) in [6.07, 6.45) is 1.99. The Bertz CT molecular complexity index is 404. The van der Waals surface area contributed by atoms with Crippen molar-refractivity contribution in [3.63, 3.8) is 0 Å². The van der Waals surface area contributed by atoms with Crippen molar-refractivity contribution in [1.29, 1.82) is 5.26 Å². The van der Waals surface area contributed by atoms with Crippen molar-refractivity contribution < 1.29 is 4.74 Å².